The van der Waals surface area contributed by atoms with Crippen LogP contribution in [0.15, 0.2) is 28.7 Å². The number of hydrogen-bond donors (Lipinski definition) is 2. The molecule has 0 amide bonds. The summed E-state index contributed by atoms with van der Waals surface area (Å²) in [5, 5.41) is 1.78. The van der Waals surface area contributed by atoms with Crippen LogP contribution < -0.4 is 11.5 Å². The van der Waals surface area contributed by atoms with Gasteiger partial charge in [-0.1, -0.05) is 46.4 Å². The van der Waals surface area contributed by atoms with Crippen molar-refractivity contribution >= 4 is 79.4 Å². The molecule has 0 bridgehead atoms. The number of nitrogens with zero attached hydrogens (tertiary/aromatic N) is 1. The van der Waals surface area contributed by atoms with E-state index in [9.17, 15) is 0 Å². The fourth-order valence-corrected chi connectivity index (χ4v) is 2.36. The standard InChI is InChI=1S/C7H4Cl2N2.C6H4BrCl2N/c1-11-7-3-4(8)6(10)2-5(7)9;7-3-1-5(9)6(10)2-4(3)8/h2-3H,10H2;1-2H,10H2. The highest BCUT2D eigenvalue weighted by Gasteiger charge is 2.03. The number of halogens is 5. The SMILES string of the molecule is Nc1cc(Cl)c(Br)cc1Cl.[C-]#[N+]c1cc(Cl)c(N)cc1Cl. The van der Waals surface area contributed by atoms with Gasteiger partial charge < -0.3 is 11.5 Å². The minimum atomic E-state index is 0.325. The average molecular weight is 428 g/mol. The molecule has 0 saturated carbocycles. The molecule has 0 aromatic heterocycles. The van der Waals surface area contributed by atoms with Gasteiger partial charge in [0.1, 0.15) is 0 Å². The summed E-state index contributed by atoms with van der Waals surface area (Å²) >= 11 is 25.9. The molecule has 2 aromatic carbocycles. The number of rotatable bonds is 0. The van der Waals surface area contributed by atoms with Crippen LogP contribution in [0.3, 0.4) is 0 Å². The summed E-state index contributed by atoms with van der Waals surface area (Å²) in [6.07, 6.45) is 0. The maximum atomic E-state index is 6.69. The third kappa shape index (κ3) is 5.14. The zero-order valence-corrected chi connectivity index (χ0v) is 14.9. The molecule has 0 fully saturated rings. The number of nitrogen functional groups attached to an aromatic ring is 2. The van der Waals surface area contributed by atoms with E-state index in [2.05, 4.69) is 20.8 Å². The highest BCUT2D eigenvalue weighted by Crippen LogP contribution is 2.32. The second kappa shape index (κ2) is 7.98. The van der Waals surface area contributed by atoms with Crippen LogP contribution in [0.4, 0.5) is 17.1 Å². The van der Waals surface area contributed by atoms with Gasteiger partial charge in [-0.05, 0) is 40.2 Å². The summed E-state index contributed by atoms with van der Waals surface area (Å²) in [6.45, 7) is 6.69. The Kier molecular flexibility index (Phi) is 6.92. The maximum absolute atomic E-state index is 6.69. The lowest BCUT2D eigenvalue weighted by molar-refractivity contribution is 1.63. The second-order valence-corrected chi connectivity index (χ2v) is 6.21. The van der Waals surface area contributed by atoms with Gasteiger partial charge in [0.15, 0.2) is 0 Å². The Bertz CT molecular complexity index is 663. The Hall–Kier alpha value is -0.830. The first-order valence-electron chi connectivity index (χ1n) is 5.28. The third-order valence-corrected chi connectivity index (χ3v) is 4.38. The number of anilines is 2. The molecule has 0 atom stereocenters. The van der Waals surface area contributed by atoms with Crippen molar-refractivity contribution in [2.75, 3.05) is 11.5 Å². The molecule has 2 aromatic rings. The maximum Gasteiger partial charge on any atom is 0.207 e. The molecule has 3 nitrogen and oxygen atoms in total. The predicted molar refractivity (Wildman–Crippen MR) is 95.7 cm³/mol. The Morgan fingerprint density at radius 1 is 0.810 bits per heavy atom. The van der Waals surface area contributed by atoms with Gasteiger partial charge in [0.25, 0.3) is 0 Å². The van der Waals surface area contributed by atoms with Gasteiger partial charge in [-0.15, -0.1) is 0 Å². The molecule has 21 heavy (non-hydrogen) atoms. The van der Waals surface area contributed by atoms with E-state index in [-0.39, 0.29) is 0 Å². The molecule has 4 N–H and O–H groups in total. The van der Waals surface area contributed by atoms with Crippen molar-refractivity contribution in [1.82, 2.24) is 0 Å². The van der Waals surface area contributed by atoms with Crippen LogP contribution in [0.25, 0.3) is 4.85 Å². The molecule has 0 radical (unpaired) electrons. The van der Waals surface area contributed by atoms with E-state index >= 15 is 0 Å². The first-order valence-corrected chi connectivity index (χ1v) is 7.58. The Labute approximate surface area is 150 Å². The number of hydrogen-bond acceptors (Lipinski definition) is 2. The zero-order valence-electron chi connectivity index (χ0n) is 10.3. The van der Waals surface area contributed by atoms with Gasteiger partial charge in [0, 0.05) is 15.2 Å². The van der Waals surface area contributed by atoms with Crippen molar-refractivity contribution in [2.24, 2.45) is 0 Å². The normalized spacial score (nSPS) is 9.52. The van der Waals surface area contributed by atoms with Crippen molar-refractivity contribution in [1.29, 1.82) is 0 Å². The molecular formula is C13H8BrCl4N3. The minimum Gasteiger partial charge on any atom is -0.398 e. The lowest BCUT2D eigenvalue weighted by Crippen LogP contribution is -1.85. The first kappa shape index (κ1) is 18.2. The van der Waals surface area contributed by atoms with Gasteiger partial charge in [0.05, 0.1) is 27.3 Å². The van der Waals surface area contributed by atoms with Crippen LogP contribution >= 0.6 is 62.3 Å². The lowest BCUT2D eigenvalue weighted by atomic mass is 10.3. The zero-order chi connectivity index (χ0) is 16.2. The monoisotopic (exact) mass is 425 g/mol. The number of benzene rings is 2. The van der Waals surface area contributed by atoms with Crippen LogP contribution in [0, 0.1) is 6.57 Å². The molecule has 110 valence electrons. The third-order valence-electron chi connectivity index (χ3n) is 2.23. The molecule has 0 unspecified atom stereocenters. The van der Waals surface area contributed by atoms with Crippen molar-refractivity contribution in [3.05, 3.63) is 60.2 Å². The van der Waals surface area contributed by atoms with Crippen LogP contribution in [0.2, 0.25) is 20.1 Å². The van der Waals surface area contributed by atoms with Crippen LogP contribution in [0.5, 0.6) is 0 Å². The van der Waals surface area contributed by atoms with Crippen molar-refractivity contribution in [3.63, 3.8) is 0 Å². The van der Waals surface area contributed by atoms with E-state index in [4.69, 9.17) is 64.4 Å². The summed E-state index contributed by atoms with van der Waals surface area (Å²) < 4.78 is 0.758. The van der Waals surface area contributed by atoms with E-state index in [0.29, 0.717) is 37.2 Å². The molecule has 0 saturated heterocycles. The molecular weight excluding hydrogens is 420 g/mol. The smallest absolute Gasteiger partial charge is 0.207 e. The minimum absolute atomic E-state index is 0.325. The Morgan fingerprint density at radius 2 is 1.29 bits per heavy atom. The highest BCUT2D eigenvalue weighted by atomic mass is 79.9. The van der Waals surface area contributed by atoms with E-state index in [1.165, 1.54) is 12.1 Å². The van der Waals surface area contributed by atoms with E-state index in [1.54, 1.807) is 12.1 Å². The Morgan fingerprint density at radius 3 is 1.76 bits per heavy atom. The molecule has 2 rings (SSSR count). The highest BCUT2D eigenvalue weighted by molar-refractivity contribution is 9.10. The van der Waals surface area contributed by atoms with Gasteiger partial charge in [-0.3, -0.25) is 0 Å². The van der Waals surface area contributed by atoms with Gasteiger partial charge in [-0.25, -0.2) is 4.85 Å². The van der Waals surface area contributed by atoms with Crippen LogP contribution in [-0.2, 0) is 0 Å². The second-order valence-electron chi connectivity index (χ2n) is 3.72. The number of nitrogens with two attached hydrogens (primary N) is 2. The van der Waals surface area contributed by atoms with Crippen molar-refractivity contribution < 1.29 is 0 Å². The average Bonchev–Trinajstić information content (AvgIpc) is 2.41. The van der Waals surface area contributed by atoms with Gasteiger partial charge in [0.2, 0.25) is 5.69 Å². The summed E-state index contributed by atoms with van der Waals surface area (Å²) in [4.78, 5) is 3.15. The summed E-state index contributed by atoms with van der Waals surface area (Å²) in [5.74, 6) is 0. The lowest BCUT2D eigenvalue weighted by Gasteiger charge is -1.99. The van der Waals surface area contributed by atoms with E-state index < -0.39 is 0 Å². The predicted octanol–water partition coefficient (Wildman–Crippen LogP) is 6.46. The Balaban J connectivity index is 0.000000211. The fourth-order valence-electron chi connectivity index (χ4n) is 1.18. The summed E-state index contributed by atoms with van der Waals surface area (Å²) in [5.41, 5.74) is 12.1. The fraction of sp³-hybridized carbons (Fsp3) is 0. The molecule has 0 aliphatic heterocycles. The van der Waals surface area contributed by atoms with Crippen LogP contribution in [0.1, 0.15) is 0 Å². The molecule has 0 spiro atoms. The van der Waals surface area contributed by atoms with Gasteiger partial charge >= 0.3 is 0 Å². The molecule has 0 aliphatic rings. The first-order chi connectivity index (χ1) is 9.76. The molecule has 0 heterocycles. The molecule has 8 heteroatoms. The van der Waals surface area contributed by atoms with Crippen molar-refractivity contribution in [3.8, 4) is 0 Å². The van der Waals surface area contributed by atoms with Crippen LogP contribution in [-0.4, -0.2) is 0 Å². The quantitative estimate of drug-likeness (QED) is 0.288. The summed E-state index contributed by atoms with van der Waals surface area (Å²) in [7, 11) is 0. The largest absolute Gasteiger partial charge is 0.398 e. The topological polar surface area (TPSA) is 56.4 Å². The van der Waals surface area contributed by atoms with Gasteiger partial charge in [-0.2, -0.15) is 0 Å². The van der Waals surface area contributed by atoms with E-state index in [1.807, 2.05) is 0 Å². The van der Waals surface area contributed by atoms with E-state index in [0.717, 1.165) is 4.47 Å². The summed E-state index contributed by atoms with van der Waals surface area (Å²) in [6, 6.07) is 6.19. The molecule has 0 aliphatic carbocycles. The van der Waals surface area contributed by atoms with Crippen molar-refractivity contribution in [2.45, 2.75) is 0 Å².